The fourth-order valence-corrected chi connectivity index (χ4v) is 1.88. The summed E-state index contributed by atoms with van der Waals surface area (Å²) in [6.07, 6.45) is 4.67. The highest BCUT2D eigenvalue weighted by molar-refractivity contribution is 5.94. The van der Waals surface area contributed by atoms with E-state index in [4.69, 9.17) is 9.47 Å². The minimum absolute atomic E-state index is 0.293. The number of rotatable bonds is 7. The zero-order valence-electron chi connectivity index (χ0n) is 14.0. The van der Waals surface area contributed by atoms with E-state index in [1.54, 1.807) is 37.9 Å². The molecule has 0 atom stereocenters. The zero-order valence-corrected chi connectivity index (χ0v) is 14.0. The van der Waals surface area contributed by atoms with Gasteiger partial charge in [-0.15, -0.1) is 0 Å². The third kappa shape index (κ3) is 5.08. The molecule has 2 rings (SSSR count). The molecule has 6 heteroatoms. The highest BCUT2D eigenvalue weighted by Crippen LogP contribution is 2.27. The Labute approximate surface area is 141 Å². The van der Waals surface area contributed by atoms with Crippen LogP contribution >= 0.6 is 0 Å². The number of pyridine rings is 1. The molecule has 0 radical (unpaired) electrons. The Morgan fingerprint density at radius 3 is 2.67 bits per heavy atom. The van der Waals surface area contributed by atoms with Crippen molar-refractivity contribution in [2.75, 3.05) is 13.7 Å². The van der Waals surface area contributed by atoms with E-state index in [9.17, 15) is 4.79 Å². The molecule has 24 heavy (non-hydrogen) atoms. The van der Waals surface area contributed by atoms with E-state index < -0.39 is 0 Å². The van der Waals surface area contributed by atoms with Crippen molar-refractivity contribution >= 4 is 12.1 Å². The molecule has 0 saturated heterocycles. The lowest BCUT2D eigenvalue weighted by atomic mass is 10.2. The summed E-state index contributed by atoms with van der Waals surface area (Å²) in [7, 11) is 1.60. The molecule has 0 fully saturated rings. The third-order valence-corrected chi connectivity index (χ3v) is 3.08. The van der Waals surface area contributed by atoms with Crippen LogP contribution in [0.1, 0.15) is 29.8 Å². The van der Waals surface area contributed by atoms with Crippen LogP contribution in [-0.2, 0) is 0 Å². The van der Waals surface area contributed by atoms with Gasteiger partial charge in [-0.25, -0.2) is 5.43 Å². The molecule has 0 aliphatic carbocycles. The minimum atomic E-state index is -0.293. The van der Waals surface area contributed by atoms with Gasteiger partial charge in [0.2, 0.25) is 0 Å². The summed E-state index contributed by atoms with van der Waals surface area (Å²) in [6.45, 7) is 4.74. The second kappa shape index (κ2) is 8.67. The smallest absolute Gasteiger partial charge is 0.271 e. The fourth-order valence-electron chi connectivity index (χ4n) is 1.88. The molecular formula is C18H21N3O3. The van der Waals surface area contributed by atoms with Crippen molar-refractivity contribution in [3.8, 4) is 11.5 Å². The van der Waals surface area contributed by atoms with Crippen LogP contribution in [0, 0.1) is 5.92 Å². The summed E-state index contributed by atoms with van der Waals surface area (Å²) in [6, 6.07) is 8.71. The predicted octanol–water partition coefficient (Wildman–Crippen LogP) is 2.89. The molecule has 2 aromatic rings. The van der Waals surface area contributed by atoms with Crippen molar-refractivity contribution in [3.05, 3.63) is 53.9 Å². The lowest BCUT2D eigenvalue weighted by Gasteiger charge is -2.12. The van der Waals surface area contributed by atoms with Gasteiger partial charge in [-0.1, -0.05) is 13.8 Å². The van der Waals surface area contributed by atoms with Crippen LogP contribution in [-0.4, -0.2) is 30.8 Å². The van der Waals surface area contributed by atoms with Crippen LogP contribution in [0.15, 0.2) is 47.8 Å². The molecule has 1 N–H and O–H groups in total. The standard InChI is InChI=1S/C18H21N3O3/c1-13(2)12-24-17-10-14(4-5-16(17)23-3)11-20-21-18(22)15-6-8-19-9-7-15/h4-11,13H,12H2,1-3H3,(H,21,22)/b20-11+. The number of amides is 1. The number of benzene rings is 1. The average Bonchev–Trinajstić information content (AvgIpc) is 2.60. The van der Waals surface area contributed by atoms with Gasteiger partial charge in [-0.2, -0.15) is 5.10 Å². The molecule has 1 heterocycles. The number of ether oxygens (including phenoxy) is 2. The van der Waals surface area contributed by atoms with Gasteiger partial charge in [0.25, 0.3) is 5.91 Å². The molecular weight excluding hydrogens is 306 g/mol. The Bertz CT molecular complexity index is 700. The number of nitrogens with zero attached hydrogens (tertiary/aromatic N) is 2. The van der Waals surface area contributed by atoms with Crippen LogP contribution in [0.3, 0.4) is 0 Å². The summed E-state index contributed by atoms with van der Waals surface area (Å²) >= 11 is 0. The first-order valence-corrected chi connectivity index (χ1v) is 7.64. The van der Waals surface area contributed by atoms with Gasteiger partial charge < -0.3 is 9.47 Å². The molecule has 0 aliphatic heterocycles. The van der Waals surface area contributed by atoms with Crippen molar-refractivity contribution in [2.24, 2.45) is 11.0 Å². The van der Waals surface area contributed by atoms with Gasteiger partial charge in [0.15, 0.2) is 11.5 Å². The monoisotopic (exact) mass is 327 g/mol. The quantitative estimate of drug-likeness (QED) is 0.627. The molecule has 126 valence electrons. The first-order valence-electron chi connectivity index (χ1n) is 7.64. The average molecular weight is 327 g/mol. The number of carbonyl (C=O) groups is 1. The molecule has 0 aliphatic rings. The van der Waals surface area contributed by atoms with Crippen molar-refractivity contribution in [1.82, 2.24) is 10.4 Å². The fraction of sp³-hybridized carbons (Fsp3) is 0.278. The zero-order chi connectivity index (χ0) is 17.4. The number of nitrogens with one attached hydrogen (secondary N) is 1. The molecule has 1 amide bonds. The lowest BCUT2D eigenvalue weighted by Crippen LogP contribution is -2.17. The van der Waals surface area contributed by atoms with E-state index in [0.29, 0.717) is 29.6 Å². The second-order valence-electron chi connectivity index (χ2n) is 5.55. The summed E-state index contributed by atoms with van der Waals surface area (Å²) in [5.74, 6) is 1.43. The third-order valence-electron chi connectivity index (χ3n) is 3.08. The largest absolute Gasteiger partial charge is 0.493 e. The van der Waals surface area contributed by atoms with Crippen LogP contribution in [0.25, 0.3) is 0 Å². The first kappa shape index (κ1) is 17.5. The van der Waals surface area contributed by atoms with Crippen molar-refractivity contribution in [3.63, 3.8) is 0 Å². The maximum Gasteiger partial charge on any atom is 0.271 e. The summed E-state index contributed by atoms with van der Waals surface area (Å²) in [5.41, 5.74) is 3.77. The molecule has 1 aromatic heterocycles. The molecule has 0 spiro atoms. The highest BCUT2D eigenvalue weighted by atomic mass is 16.5. The van der Waals surface area contributed by atoms with Gasteiger partial charge in [0.05, 0.1) is 19.9 Å². The number of methoxy groups -OCH3 is 1. The number of hydrazone groups is 1. The topological polar surface area (TPSA) is 72.8 Å². The number of aromatic nitrogens is 1. The second-order valence-corrected chi connectivity index (χ2v) is 5.55. The van der Waals surface area contributed by atoms with E-state index in [2.05, 4.69) is 29.4 Å². The molecule has 6 nitrogen and oxygen atoms in total. The van der Waals surface area contributed by atoms with Gasteiger partial charge in [0, 0.05) is 18.0 Å². The Balaban J connectivity index is 2.03. The lowest BCUT2D eigenvalue weighted by molar-refractivity contribution is 0.0955. The van der Waals surface area contributed by atoms with Crippen LogP contribution in [0.5, 0.6) is 11.5 Å². The molecule has 1 aromatic carbocycles. The van der Waals surface area contributed by atoms with E-state index in [1.165, 1.54) is 0 Å². The van der Waals surface area contributed by atoms with Crippen LogP contribution < -0.4 is 14.9 Å². The molecule has 0 bridgehead atoms. The Kier molecular flexibility index (Phi) is 6.31. The summed E-state index contributed by atoms with van der Waals surface area (Å²) in [4.78, 5) is 15.7. The maximum atomic E-state index is 11.9. The minimum Gasteiger partial charge on any atom is -0.493 e. The van der Waals surface area contributed by atoms with Crippen LogP contribution in [0.4, 0.5) is 0 Å². The van der Waals surface area contributed by atoms with E-state index in [0.717, 1.165) is 5.56 Å². The summed E-state index contributed by atoms with van der Waals surface area (Å²) < 4.78 is 11.0. The number of hydrogen-bond donors (Lipinski definition) is 1. The van der Waals surface area contributed by atoms with E-state index in [-0.39, 0.29) is 5.91 Å². The van der Waals surface area contributed by atoms with Gasteiger partial charge >= 0.3 is 0 Å². The van der Waals surface area contributed by atoms with Gasteiger partial charge in [0.1, 0.15) is 0 Å². The van der Waals surface area contributed by atoms with Crippen molar-refractivity contribution < 1.29 is 14.3 Å². The summed E-state index contributed by atoms with van der Waals surface area (Å²) in [5, 5.41) is 3.97. The Morgan fingerprint density at radius 2 is 2.00 bits per heavy atom. The SMILES string of the molecule is COc1ccc(/C=N/NC(=O)c2ccncc2)cc1OCC(C)C. The normalized spacial score (nSPS) is 10.8. The maximum absolute atomic E-state index is 11.9. The van der Waals surface area contributed by atoms with Crippen molar-refractivity contribution in [2.45, 2.75) is 13.8 Å². The highest BCUT2D eigenvalue weighted by Gasteiger charge is 2.07. The molecule has 0 unspecified atom stereocenters. The van der Waals surface area contributed by atoms with Gasteiger partial charge in [-0.05, 0) is 41.8 Å². The molecule has 0 saturated carbocycles. The van der Waals surface area contributed by atoms with E-state index >= 15 is 0 Å². The Hall–Kier alpha value is -2.89. The first-order chi connectivity index (χ1) is 11.6. The number of hydrogen-bond acceptors (Lipinski definition) is 5. The predicted molar refractivity (Wildman–Crippen MR) is 92.6 cm³/mol. The van der Waals surface area contributed by atoms with Crippen LogP contribution in [0.2, 0.25) is 0 Å². The van der Waals surface area contributed by atoms with Gasteiger partial charge in [-0.3, -0.25) is 9.78 Å². The Morgan fingerprint density at radius 1 is 1.25 bits per heavy atom. The number of carbonyl (C=O) groups excluding carboxylic acids is 1. The van der Waals surface area contributed by atoms with Crippen molar-refractivity contribution in [1.29, 1.82) is 0 Å². The van der Waals surface area contributed by atoms with E-state index in [1.807, 2.05) is 18.2 Å².